The van der Waals surface area contributed by atoms with Crippen molar-refractivity contribution < 1.29 is 24.5 Å². The van der Waals surface area contributed by atoms with Crippen molar-refractivity contribution in [3.63, 3.8) is 0 Å². The standard InChI is InChI=1S/C27H29N5O2.CH2O3/c1-17(33)24-25(20-10-8-18(9-11-20)16-34-2)31-27-22(15-30-32(27)26(24)28)21-12-13-23(29-14-21)19-6-4-3-5-7-19;2-1(3)4/h3-7,12-15,18,20H,8-11,16,28H2,1-2H3;(H2,2,3,4)/t18-,20-;. The fourth-order valence-corrected chi connectivity index (χ4v) is 5.06. The molecule has 0 spiro atoms. The smallest absolute Gasteiger partial charge is 0.450 e. The minimum atomic E-state index is -1.83. The summed E-state index contributed by atoms with van der Waals surface area (Å²) in [5.41, 5.74) is 12.2. The van der Waals surface area contributed by atoms with Crippen LogP contribution in [-0.4, -0.2) is 55.5 Å². The van der Waals surface area contributed by atoms with Gasteiger partial charge in [-0.15, -0.1) is 0 Å². The maximum Gasteiger partial charge on any atom is 0.503 e. The monoisotopic (exact) mass is 517 g/mol. The molecule has 10 heteroatoms. The Morgan fingerprint density at radius 2 is 1.71 bits per heavy atom. The lowest BCUT2D eigenvalue weighted by Gasteiger charge is -2.29. The van der Waals surface area contributed by atoms with Crippen molar-refractivity contribution in [3.05, 3.63) is 66.1 Å². The van der Waals surface area contributed by atoms with E-state index in [1.165, 1.54) is 0 Å². The molecule has 1 aromatic carbocycles. The Morgan fingerprint density at radius 3 is 2.29 bits per heavy atom. The normalized spacial score (nSPS) is 17.0. The van der Waals surface area contributed by atoms with Gasteiger partial charge in [-0.2, -0.15) is 9.61 Å². The van der Waals surface area contributed by atoms with E-state index in [0.29, 0.717) is 22.9 Å². The number of benzene rings is 1. The third-order valence-corrected chi connectivity index (χ3v) is 6.84. The van der Waals surface area contributed by atoms with E-state index >= 15 is 0 Å². The average Bonchev–Trinajstić information content (AvgIpc) is 3.34. The molecule has 10 nitrogen and oxygen atoms in total. The number of ketones is 1. The molecule has 1 fully saturated rings. The number of nitrogens with two attached hydrogens (primary N) is 1. The van der Waals surface area contributed by atoms with Gasteiger partial charge in [-0.1, -0.05) is 36.4 Å². The van der Waals surface area contributed by atoms with Crippen LogP contribution in [-0.2, 0) is 4.74 Å². The first-order valence-electron chi connectivity index (χ1n) is 12.4. The summed E-state index contributed by atoms with van der Waals surface area (Å²) in [6.45, 7) is 2.33. The van der Waals surface area contributed by atoms with Crippen LogP contribution in [0.2, 0.25) is 0 Å². The van der Waals surface area contributed by atoms with Crippen LogP contribution >= 0.6 is 0 Å². The number of fused-ring (bicyclic) bond motifs is 1. The molecule has 0 unspecified atom stereocenters. The average molecular weight is 518 g/mol. The maximum absolute atomic E-state index is 12.6. The summed E-state index contributed by atoms with van der Waals surface area (Å²) < 4.78 is 6.93. The van der Waals surface area contributed by atoms with Gasteiger partial charge in [-0.25, -0.2) is 9.78 Å². The largest absolute Gasteiger partial charge is 0.503 e. The van der Waals surface area contributed by atoms with Crippen molar-refractivity contribution in [2.24, 2.45) is 5.92 Å². The first-order chi connectivity index (χ1) is 18.3. The fourth-order valence-electron chi connectivity index (χ4n) is 5.06. The van der Waals surface area contributed by atoms with E-state index in [0.717, 1.165) is 60.4 Å². The van der Waals surface area contributed by atoms with Crippen LogP contribution in [0.3, 0.4) is 0 Å². The Kier molecular flexibility index (Phi) is 8.32. The number of carbonyl (C=O) groups excluding carboxylic acids is 1. The molecule has 4 aromatic rings. The molecule has 5 rings (SSSR count). The van der Waals surface area contributed by atoms with E-state index in [4.69, 9.17) is 30.5 Å². The first kappa shape index (κ1) is 26.7. The summed E-state index contributed by atoms with van der Waals surface area (Å²) in [5.74, 6) is 1.03. The molecule has 0 amide bonds. The lowest BCUT2D eigenvalue weighted by molar-refractivity contribution is 0.101. The van der Waals surface area contributed by atoms with E-state index in [9.17, 15) is 4.79 Å². The van der Waals surface area contributed by atoms with Crippen molar-refractivity contribution in [1.29, 1.82) is 0 Å². The SMILES string of the molecule is COC[C@H]1CC[C@H](c2nc3c(-c4ccc(-c5ccccc5)nc4)cnn3c(N)c2C(C)=O)CC1.O=C(O)O. The minimum absolute atomic E-state index is 0.0770. The number of ether oxygens (including phenoxy) is 1. The molecular weight excluding hydrogens is 486 g/mol. The summed E-state index contributed by atoms with van der Waals surface area (Å²) in [5, 5.41) is 18.4. The molecule has 1 saturated carbocycles. The quantitative estimate of drug-likeness (QED) is 0.286. The van der Waals surface area contributed by atoms with Gasteiger partial charge in [-0.05, 0) is 44.6 Å². The van der Waals surface area contributed by atoms with Crippen LogP contribution in [0.1, 0.15) is 54.6 Å². The molecule has 3 aromatic heterocycles. The number of carboxylic acid groups (broad SMARTS) is 2. The number of anilines is 1. The number of nitrogens with zero attached hydrogens (tertiary/aromatic N) is 4. The van der Waals surface area contributed by atoms with E-state index in [-0.39, 0.29) is 11.7 Å². The van der Waals surface area contributed by atoms with Crippen molar-refractivity contribution in [3.8, 4) is 22.4 Å². The van der Waals surface area contributed by atoms with Gasteiger partial charge in [0, 0.05) is 42.5 Å². The second-order valence-corrected chi connectivity index (χ2v) is 9.36. The summed E-state index contributed by atoms with van der Waals surface area (Å²) >= 11 is 0. The van der Waals surface area contributed by atoms with Gasteiger partial charge in [0.25, 0.3) is 0 Å². The molecule has 38 heavy (non-hydrogen) atoms. The van der Waals surface area contributed by atoms with Gasteiger partial charge in [0.1, 0.15) is 5.82 Å². The van der Waals surface area contributed by atoms with Gasteiger partial charge in [-0.3, -0.25) is 9.78 Å². The Bertz CT molecular complexity index is 1410. The van der Waals surface area contributed by atoms with E-state index in [1.54, 1.807) is 24.7 Å². The fraction of sp³-hybridized carbons (Fsp3) is 0.321. The van der Waals surface area contributed by atoms with E-state index in [1.807, 2.05) is 48.7 Å². The number of methoxy groups -OCH3 is 1. The number of pyridine rings is 1. The predicted molar refractivity (Wildman–Crippen MR) is 143 cm³/mol. The Morgan fingerprint density at radius 1 is 1.03 bits per heavy atom. The van der Waals surface area contributed by atoms with Crippen LogP contribution in [0.5, 0.6) is 0 Å². The predicted octanol–water partition coefficient (Wildman–Crippen LogP) is 5.39. The number of carbonyl (C=O) groups is 2. The topological polar surface area (TPSA) is 153 Å². The van der Waals surface area contributed by atoms with Crippen LogP contribution in [0.15, 0.2) is 54.9 Å². The second-order valence-electron chi connectivity index (χ2n) is 9.36. The van der Waals surface area contributed by atoms with Crippen LogP contribution < -0.4 is 5.73 Å². The van der Waals surface area contributed by atoms with Crippen LogP contribution in [0.25, 0.3) is 28.0 Å². The number of hydrogen-bond donors (Lipinski definition) is 3. The van der Waals surface area contributed by atoms with Gasteiger partial charge < -0.3 is 20.7 Å². The van der Waals surface area contributed by atoms with Crippen molar-refractivity contribution in [2.75, 3.05) is 19.5 Å². The number of aromatic nitrogens is 4. The molecular formula is C28H31N5O5. The molecule has 0 aliphatic heterocycles. The molecule has 198 valence electrons. The summed E-state index contributed by atoms with van der Waals surface area (Å²) in [6, 6.07) is 14.1. The van der Waals surface area contributed by atoms with Crippen LogP contribution in [0.4, 0.5) is 10.6 Å². The number of nitrogen functional groups attached to an aromatic ring is 1. The number of rotatable bonds is 6. The Hall–Kier alpha value is -4.31. The second kappa shape index (κ2) is 11.8. The molecule has 3 heterocycles. The molecule has 0 bridgehead atoms. The highest BCUT2D eigenvalue weighted by molar-refractivity contribution is 6.00. The summed E-state index contributed by atoms with van der Waals surface area (Å²) in [6.07, 6.45) is 5.80. The van der Waals surface area contributed by atoms with Crippen LogP contribution in [0, 0.1) is 5.92 Å². The van der Waals surface area contributed by atoms with Gasteiger partial charge in [0.05, 0.1) is 23.1 Å². The zero-order valence-corrected chi connectivity index (χ0v) is 21.4. The lowest BCUT2D eigenvalue weighted by atomic mass is 9.79. The van der Waals surface area contributed by atoms with Crippen molar-refractivity contribution in [2.45, 2.75) is 38.5 Å². The zero-order valence-electron chi connectivity index (χ0n) is 21.4. The summed E-state index contributed by atoms with van der Waals surface area (Å²) in [7, 11) is 1.75. The van der Waals surface area contributed by atoms with Crippen molar-refractivity contribution in [1.82, 2.24) is 19.6 Å². The van der Waals surface area contributed by atoms with Crippen molar-refractivity contribution >= 4 is 23.4 Å². The Labute approximate surface area is 220 Å². The van der Waals surface area contributed by atoms with Gasteiger partial charge in [0.15, 0.2) is 11.4 Å². The third-order valence-electron chi connectivity index (χ3n) is 6.84. The summed E-state index contributed by atoms with van der Waals surface area (Å²) in [4.78, 5) is 30.8. The number of Topliss-reactive ketones (excluding diaryl/α,β-unsaturated/α-hetero) is 1. The minimum Gasteiger partial charge on any atom is -0.450 e. The maximum atomic E-state index is 12.6. The molecule has 0 radical (unpaired) electrons. The van der Waals surface area contributed by atoms with Gasteiger partial charge in [0.2, 0.25) is 0 Å². The zero-order chi connectivity index (χ0) is 27.2. The van der Waals surface area contributed by atoms with E-state index in [2.05, 4.69) is 10.1 Å². The highest BCUT2D eigenvalue weighted by Gasteiger charge is 2.29. The van der Waals surface area contributed by atoms with Gasteiger partial charge >= 0.3 is 6.16 Å². The number of hydrogen-bond acceptors (Lipinski definition) is 7. The Balaban J connectivity index is 0.000000786. The highest BCUT2D eigenvalue weighted by atomic mass is 16.6. The molecule has 4 N–H and O–H groups in total. The molecule has 1 aliphatic carbocycles. The lowest BCUT2D eigenvalue weighted by Crippen LogP contribution is -2.21. The molecule has 1 aliphatic rings. The molecule has 0 atom stereocenters. The highest BCUT2D eigenvalue weighted by Crippen LogP contribution is 2.39. The third kappa shape index (κ3) is 5.81. The van der Waals surface area contributed by atoms with E-state index < -0.39 is 6.16 Å². The molecule has 0 saturated heterocycles. The first-order valence-corrected chi connectivity index (χ1v) is 12.4.